The predicted molar refractivity (Wildman–Crippen MR) is 57.5 cm³/mol. The second-order valence-corrected chi connectivity index (χ2v) is 3.72. The molecular weight excluding hydrogens is 303 g/mol. The van der Waals surface area contributed by atoms with E-state index in [9.17, 15) is 18.0 Å². The largest absolute Gasteiger partial charge is 0.469 e. The molecule has 3 nitrogen and oxygen atoms in total. The fraction of sp³-hybridized carbons (Fsp3) is 0.400. The van der Waals surface area contributed by atoms with Gasteiger partial charge >= 0.3 is 5.97 Å². The Morgan fingerprint density at radius 3 is 2.71 bits per heavy atom. The summed E-state index contributed by atoms with van der Waals surface area (Å²) in [6.45, 7) is 0. The number of ether oxygens (including phenoxy) is 1. The van der Waals surface area contributed by atoms with Crippen LogP contribution < -0.4 is 0 Å². The van der Waals surface area contributed by atoms with Gasteiger partial charge in [0.2, 0.25) is 5.95 Å². The minimum atomic E-state index is -2.97. The topological polar surface area (TPSA) is 39.2 Å². The molecule has 17 heavy (non-hydrogen) atoms. The van der Waals surface area contributed by atoms with E-state index in [1.54, 1.807) is 0 Å². The lowest BCUT2D eigenvalue weighted by Gasteiger charge is -2.09. The molecule has 1 rings (SSSR count). The third kappa shape index (κ3) is 3.42. The van der Waals surface area contributed by atoms with Crippen molar-refractivity contribution >= 4 is 21.9 Å². The minimum absolute atomic E-state index is 0.166. The Morgan fingerprint density at radius 1 is 1.59 bits per heavy atom. The number of aromatic nitrogens is 1. The van der Waals surface area contributed by atoms with E-state index in [0.29, 0.717) is 0 Å². The third-order valence-electron chi connectivity index (χ3n) is 2.10. The number of halogens is 4. The van der Waals surface area contributed by atoms with Crippen LogP contribution in [0.5, 0.6) is 0 Å². The quantitative estimate of drug-likeness (QED) is 0.487. The standard InChI is InChI=1S/C10H9BrF3NO2/c1-17-8(16)3-5-2-6(9(12)13)10(14)15-7(5)4-11/h2,9H,3-4H2,1H3. The summed E-state index contributed by atoms with van der Waals surface area (Å²) >= 11 is 3.05. The average molecular weight is 312 g/mol. The zero-order valence-corrected chi connectivity index (χ0v) is 10.4. The smallest absolute Gasteiger partial charge is 0.310 e. The molecule has 1 heterocycles. The Labute approximate surface area is 104 Å². The van der Waals surface area contributed by atoms with Gasteiger partial charge in [0.05, 0.1) is 24.8 Å². The van der Waals surface area contributed by atoms with Gasteiger partial charge in [0.25, 0.3) is 6.43 Å². The first-order valence-corrected chi connectivity index (χ1v) is 5.70. The molecule has 0 radical (unpaired) electrons. The molecule has 0 spiro atoms. The Hall–Kier alpha value is -1.11. The number of carbonyl (C=O) groups is 1. The van der Waals surface area contributed by atoms with Crippen molar-refractivity contribution in [1.82, 2.24) is 4.98 Å². The van der Waals surface area contributed by atoms with Gasteiger partial charge < -0.3 is 4.74 Å². The summed E-state index contributed by atoms with van der Waals surface area (Å²) in [5.74, 6) is -1.82. The summed E-state index contributed by atoms with van der Waals surface area (Å²) in [4.78, 5) is 14.5. The summed E-state index contributed by atoms with van der Waals surface area (Å²) in [5, 5.41) is 0.166. The number of nitrogens with zero attached hydrogens (tertiary/aromatic N) is 1. The van der Waals surface area contributed by atoms with E-state index in [1.165, 1.54) is 7.11 Å². The maximum absolute atomic E-state index is 13.2. The Morgan fingerprint density at radius 2 is 2.24 bits per heavy atom. The number of hydrogen-bond acceptors (Lipinski definition) is 3. The van der Waals surface area contributed by atoms with Crippen LogP contribution in [0.4, 0.5) is 13.2 Å². The van der Waals surface area contributed by atoms with E-state index in [0.717, 1.165) is 6.07 Å². The van der Waals surface area contributed by atoms with Crippen molar-refractivity contribution in [3.05, 3.63) is 28.8 Å². The number of alkyl halides is 3. The first kappa shape index (κ1) is 14.0. The van der Waals surface area contributed by atoms with E-state index in [2.05, 4.69) is 25.7 Å². The van der Waals surface area contributed by atoms with Crippen LogP contribution in [0.25, 0.3) is 0 Å². The number of hydrogen-bond donors (Lipinski definition) is 0. The highest BCUT2D eigenvalue weighted by atomic mass is 79.9. The predicted octanol–water partition coefficient (Wildman–Crippen LogP) is 2.77. The third-order valence-corrected chi connectivity index (χ3v) is 2.63. The highest BCUT2D eigenvalue weighted by molar-refractivity contribution is 9.08. The molecule has 1 aromatic rings. The van der Waals surface area contributed by atoms with Crippen molar-refractivity contribution < 1.29 is 22.7 Å². The van der Waals surface area contributed by atoms with Crippen LogP contribution in [0.1, 0.15) is 23.2 Å². The lowest BCUT2D eigenvalue weighted by Crippen LogP contribution is -2.10. The molecule has 0 amide bonds. The van der Waals surface area contributed by atoms with Crippen LogP contribution in [-0.2, 0) is 21.3 Å². The molecule has 0 N–H and O–H groups in total. The van der Waals surface area contributed by atoms with Crippen molar-refractivity contribution in [3.8, 4) is 0 Å². The molecule has 1 aromatic heterocycles. The SMILES string of the molecule is COC(=O)Cc1cc(C(F)F)c(F)nc1CBr. The van der Waals surface area contributed by atoms with Crippen molar-refractivity contribution in [1.29, 1.82) is 0 Å². The Balaban J connectivity index is 3.16. The van der Waals surface area contributed by atoms with Crippen LogP contribution >= 0.6 is 15.9 Å². The van der Waals surface area contributed by atoms with Gasteiger partial charge in [-0.1, -0.05) is 15.9 Å². The molecule has 0 saturated carbocycles. The summed E-state index contributed by atoms with van der Waals surface area (Å²) in [5.41, 5.74) is -0.378. The maximum Gasteiger partial charge on any atom is 0.310 e. The Bertz CT molecular complexity index is 426. The van der Waals surface area contributed by atoms with Gasteiger partial charge in [0, 0.05) is 5.33 Å². The van der Waals surface area contributed by atoms with Crippen LogP contribution in [0.15, 0.2) is 6.07 Å². The van der Waals surface area contributed by atoms with Gasteiger partial charge in [-0.3, -0.25) is 4.79 Å². The van der Waals surface area contributed by atoms with E-state index in [-0.39, 0.29) is 23.0 Å². The molecule has 0 aliphatic carbocycles. The van der Waals surface area contributed by atoms with Gasteiger partial charge in [-0.25, -0.2) is 13.8 Å². The van der Waals surface area contributed by atoms with Gasteiger partial charge in [0.1, 0.15) is 0 Å². The van der Waals surface area contributed by atoms with E-state index >= 15 is 0 Å². The van der Waals surface area contributed by atoms with Gasteiger partial charge in [-0.05, 0) is 11.6 Å². The molecule has 0 aliphatic rings. The monoisotopic (exact) mass is 311 g/mol. The Kier molecular flexibility index (Phi) is 4.92. The van der Waals surface area contributed by atoms with Crippen LogP contribution in [0, 0.1) is 5.95 Å². The summed E-state index contributed by atoms with van der Waals surface area (Å²) in [6.07, 6.45) is -3.19. The van der Waals surface area contributed by atoms with E-state index < -0.39 is 23.9 Å². The van der Waals surface area contributed by atoms with Crippen LogP contribution in [0.3, 0.4) is 0 Å². The second-order valence-electron chi connectivity index (χ2n) is 3.16. The molecule has 0 unspecified atom stereocenters. The van der Waals surface area contributed by atoms with Crippen molar-refractivity contribution in [3.63, 3.8) is 0 Å². The molecule has 0 bridgehead atoms. The fourth-order valence-electron chi connectivity index (χ4n) is 1.23. The lowest BCUT2D eigenvalue weighted by molar-refractivity contribution is -0.139. The zero-order chi connectivity index (χ0) is 13.0. The summed E-state index contributed by atoms with van der Waals surface area (Å²) in [6, 6.07) is 0.945. The molecule has 94 valence electrons. The lowest BCUT2D eigenvalue weighted by atomic mass is 10.1. The van der Waals surface area contributed by atoms with E-state index in [4.69, 9.17) is 0 Å². The summed E-state index contributed by atoms with van der Waals surface area (Å²) in [7, 11) is 1.18. The van der Waals surface area contributed by atoms with Crippen LogP contribution in [0.2, 0.25) is 0 Å². The second kappa shape index (κ2) is 6.00. The van der Waals surface area contributed by atoms with Gasteiger partial charge in [0.15, 0.2) is 0 Å². The maximum atomic E-state index is 13.2. The molecule has 0 aromatic carbocycles. The number of rotatable bonds is 4. The minimum Gasteiger partial charge on any atom is -0.469 e. The zero-order valence-electron chi connectivity index (χ0n) is 8.84. The highest BCUT2D eigenvalue weighted by Gasteiger charge is 2.19. The molecule has 0 saturated heterocycles. The molecule has 0 aliphatic heterocycles. The number of pyridine rings is 1. The first-order chi connectivity index (χ1) is 7.99. The fourth-order valence-corrected chi connectivity index (χ4v) is 1.72. The van der Waals surface area contributed by atoms with Crippen molar-refractivity contribution in [2.45, 2.75) is 18.2 Å². The van der Waals surface area contributed by atoms with E-state index in [1.807, 2.05) is 0 Å². The molecular formula is C10H9BrF3NO2. The number of carbonyl (C=O) groups excluding carboxylic acids is 1. The number of esters is 1. The van der Waals surface area contributed by atoms with Gasteiger partial charge in [-0.15, -0.1) is 0 Å². The van der Waals surface area contributed by atoms with Crippen molar-refractivity contribution in [2.75, 3.05) is 7.11 Å². The van der Waals surface area contributed by atoms with Crippen LogP contribution in [-0.4, -0.2) is 18.1 Å². The highest BCUT2D eigenvalue weighted by Crippen LogP contribution is 2.24. The summed E-state index contributed by atoms with van der Waals surface area (Å²) < 4.78 is 42.5. The molecule has 7 heteroatoms. The molecule has 0 atom stereocenters. The molecule has 0 fully saturated rings. The van der Waals surface area contributed by atoms with Crippen molar-refractivity contribution in [2.24, 2.45) is 0 Å². The van der Waals surface area contributed by atoms with Gasteiger partial charge in [-0.2, -0.15) is 4.39 Å². The first-order valence-electron chi connectivity index (χ1n) is 4.58. The average Bonchev–Trinajstić information content (AvgIpc) is 2.30. The number of methoxy groups -OCH3 is 1. The normalized spacial score (nSPS) is 10.7.